The molecule has 0 radical (unpaired) electrons. The second-order valence-electron chi connectivity index (χ2n) is 8.87. The second kappa shape index (κ2) is 9.37. The normalized spacial score (nSPS) is 14.3. The zero-order valence-electron chi connectivity index (χ0n) is 19.8. The molecule has 1 fully saturated rings. The molecule has 35 heavy (non-hydrogen) atoms. The summed E-state index contributed by atoms with van der Waals surface area (Å²) in [5.74, 6) is 0.418. The topological polar surface area (TPSA) is 96.5 Å². The maximum absolute atomic E-state index is 13.1. The molecule has 0 spiro atoms. The number of hydrogen-bond acceptors (Lipinski definition) is 6. The Balaban J connectivity index is 1.74. The summed E-state index contributed by atoms with van der Waals surface area (Å²) in [5, 5.41) is 13.6. The van der Waals surface area contributed by atoms with Gasteiger partial charge in [0.15, 0.2) is 0 Å². The number of rotatable bonds is 6. The van der Waals surface area contributed by atoms with Crippen molar-refractivity contribution in [3.8, 4) is 11.6 Å². The van der Waals surface area contributed by atoms with E-state index in [9.17, 15) is 14.9 Å². The van der Waals surface area contributed by atoms with Gasteiger partial charge in [0.25, 0.3) is 5.69 Å². The summed E-state index contributed by atoms with van der Waals surface area (Å²) in [6.45, 7) is 4.09. The van der Waals surface area contributed by atoms with Gasteiger partial charge in [0.1, 0.15) is 11.9 Å². The minimum Gasteiger partial charge on any atom is -0.462 e. The van der Waals surface area contributed by atoms with Crippen molar-refractivity contribution in [2.75, 3.05) is 6.61 Å². The highest BCUT2D eigenvalue weighted by molar-refractivity contribution is 6.16. The van der Waals surface area contributed by atoms with Crippen LogP contribution in [0.1, 0.15) is 61.1 Å². The minimum atomic E-state index is -0.499. The lowest BCUT2D eigenvalue weighted by atomic mass is 9.94. The molecule has 0 bridgehead atoms. The molecule has 0 atom stereocenters. The van der Waals surface area contributed by atoms with Crippen molar-refractivity contribution in [2.45, 2.75) is 52.0 Å². The zero-order valence-corrected chi connectivity index (χ0v) is 19.8. The van der Waals surface area contributed by atoms with E-state index in [1.165, 1.54) is 37.6 Å². The van der Waals surface area contributed by atoms with Gasteiger partial charge in [-0.05, 0) is 32.8 Å². The molecule has 2 heterocycles. The number of ether oxygens (including phenoxy) is 2. The smallest absolute Gasteiger partial charge is 0.340 e. The van der Waals surface area contributed by atoms with Gasteiger partial charge in [-0.3, -0.25) is 10.1 Å². The lowest BCUT2D eigenvalue weighted by Crippen LogP contribution is -2.15. The van der Waals surface area contributed by atoms with Gasteiger partial charge < -0.3 is 14.0 Å². The van der Waals surface area contributed by atoms with Gasteiger partial charge in [-0.1, -0.05) is 43.5 Å². The predicted molar refractivity (Wildman–Crippen MR) is 133 cm³/mol. The van der Waals surface area contributed by atoms with E-state index in [0.717, 1.165) is 40.2 Å². The number of nitrogens with zero attached hydrogens (tertiary/aromatic N) is 3. The Morgan fingerprint density at radius 3 is 2.51 bits per heavy atom. The number of carbonyl (C=O) groups excluding carboxylic acids is 1. The summed E-state index contributed by atoms with van der Waals surface area (Å²) in [6, 6.07) is 13.0. The third-order valence-corrected chi connectivity index (χ3v) is 6.78. The summed E-state index contributed by atoms with van der Waals surface area (Å²) in [6.07, 6.45) is 6.90. The van der Waals surface area contributed by atoms with Crippen LogP contribution in [-0.4, -0.2) is 27.1 Å². The van der Waals surface area contributed by atoms with Crippen LogP contribution in [0.4, 0.5) is 5.69 Å². The van der Waals surface area contributed by atoms with Crippen molar-refractivity contribution in [2.24, 2.45) is 0 Å². The van der Waals surface area contributed by atoms with Crippen molar-refractivity contribution in [1.29, 1.82) is 0 Å². The number of esters is 1. The molecule has 1 aliphatic rings. The van der Waals surface area contributed by atoms with Gasteiger partial charge >= 0.3 is 5.97 Å². The first-order chi connectivity index (χ1) is 17.0. The maximum Gasteiger partial charge on any atom is 0.340 e. The van der Waals surface area contributed by atoms with Gasteiger partial charge in [-0.2, -0.15) is 0 Å². The first kappa shape index (κ1) is 22.8. The van der Waals surface area contributed by atoms with Crippen LogP contribution in [0, 0.1) is 17.0 Å². The summed E-state index contributed by atoms with van der Waals surface area (Å²) in [5.41, 5.74) is 2.36. The molecule has 2 aromatic carbocycles. The standard InChI is InChI=1S/C27H27N3O5/c1-3-34-27(31)25-17(2)29(18-9-5-4-6-10-18)26-21-12-8-7-11-20(21)23(15-22(25)26)35-24-14-13-19(16-28-24)30(32)33/h7-8,11-16,18H,3-6,9-10H2,1-2H3. The van der Waals surface area contributed by atoms with Crippen LogP contribution in [0.2, 0.25) is 0 Å². The summed E-state index contributed by atoms with van der Waals surface area (Å²) in [4.78, 5) is 27.7. The lowest BCUT2D eigenvalue weighted by molar-refractivity contribution is -0.385. The number of nitro groups is 1. The molecule has 180 valence electrons. The number of fused-ring (bicyclic) bond motifs is 3. The summed E-state index contributed by atoms with van der Waals surface area (Å²) >= 11 is 0. The highest BCUT2D eigenvalue weighted by atomic mass is 16.6. The molecule has 1 aliphatic carbocycles. The highest BCUT2D eigenvalue weighted by Gasteiger charge is 2.28. The van der Waals surface area contributed by atoms with E-state index >= 15 is 0 Å². The summed E-state index contributed by atoms with van der Waals surface area (Å²) < 4.78 is 13.9. The quantitative estimate of drug-likeness (QED) is 0.172. The Morgan fingerprint density at radius 1 is 1.11 bits per heavy atom. The van der Waals surface area contributed by atoms with Crippen molar-refractivity contribution in [3.05, 3.63) is 70.0 Å². The average Bonchev–Trinajstić information content (AvgIpc) is 3.17. The summed E-state index contributed by atoms with van der Waals surface area (Å²) in [7, 11) is 0. The first-order valence-electron chi connectivity index (χ1n) is 12.0. The Morgan fingerprint density at radius 2 is 1.86 bits per heavy atom. The van der Waals surface area contributed by atoms with Crippen LogP contribution < -0.4 is 4.74 Å². The molecular weight excluding hydrogens is 446 g/mol. The van der Waals surface area contributed by atoms with Gasteiger partial charge in [-0.15, -0.1) is 0 Å². The lowest BCUT2D eigenvalue weighted by Gasteiger charge is -2.26. The third-order valence-electron chi connectivity index (χ3n) is 6.78. The Labute approximate surface area is 202 Å². The van der Waals surface area contributed by atoms with Gasteiger partial charge in [0.05, 0.1) is 22.6 Å². The van der Waals surface area contributed by atoms with Crippen LogP contribution in [0.25, 0.3) is 21.7 Å². The van der Waals surface area contributed by atoms with Gasteiger partial charge in [0, 0.05) is 40.0 Å². The van der Waals surface area contributed by atoms with E-state index in [4.69, 9.17) is 9.47 Å². The molecule has 8 heteroatoms. The van der Waals surface area contributed by atoms with Crippen LogP contribution in [-0.2, 0) is 4.74 Å². The van der Waals surface area contributed by atoms with Gasteiger partial charge in [0.2, 0.25) is 5.88 Å². The molecule has 0 N–H and O–H groups in total. The fourth-order valence-electron chi connectivity index (χ4n) is 5.25. The Bertz CT molecular complexity index is 1420. The van der Waals surface area contributed by atoms with E-state index in [-0.39, 0.29) is 24.1 Å². The molecule has 1 saturated carbocycles. The van der Waals surface area contributed by atoms with Crippen LogP contribution in [0.3, 0.4) is 0 Å². The maximum atomic E-state index is 13.1. The zero-order chi connectivity index (χ0) is 24.5. The number of carbonyl (C=O) groups is 1. The minimum absolute atomic E-state index is 0.109. The SMILES string of the molecule is CCOC(=O)c1c(C)n(C2CCCCC2)c2c1cc(Oc1ccc([N+](=O)[O-])cn1)c1ccccc12. The van der Waals surface area contributed by atoms with Crippen LogP contribution in [0.15, 0.2) is 48.7 Å². The average molecular weight is 474 g/mol. The fraction of sp³-hybridized carbons (Fsp3) is 0.333. The first-order valence-corrected chi connectivity index (χ1v) is 12.0. The van der Waals surface area contributed by atoms with E-state index in [1.54, 1.807) is 6.92 Å². The number of benzene rings is 2. The molecule has 5 rings (SSSR count). The van der Waals surface area contributed by atoms with Crippen molar-refractivity contribution in [1.82, 2.24) is 9.55 Å². The molecule has 0 saturated heterocycles. The predicted octanol–water partition coefficient (Wildman–Crippen LogP) is 6.88. The highest BCUT2D eigenvalue weighted by Crippen LogP contribution is 2.43. The molecule has 0 aliphatic heterocycles. The molecule has 4 aromatic rings. The molecule has 0 amide bonds. The third kappa shape index (κ3) is 4.09. The van der Waals surface area contributed by atoms with E-state index in [1.807, 2.05) is 37.3 Å². The van der Waals surface area contributed by atoms with Crippen molar-refractivity contribution < 1.29 is 19.2 Å². The van der Waals surface area contributed by atoms with Gasteiger partial charge in [-0.25, -0.2) is 9.78 Å². The fourth-order valence-corrected chi connectivity index (χ4v) is 5.25. The van der Waals surface area contributed by atoms with Crippen molar-refractivity contribution >= 4 is 33.3 Å². The van der Waals surface area contributed by atoms with E-state index < -0.39 is 4.92 Å². The second-order valence-corrected chi connectivity index (χ2v) is 8.87. The Kier molecular flexibility index (Phi) is 6.11. The molecule has 8 nitrogen and oxygen atoms in total. The van der Waals surface area contributed by atoms with Crippen LogP contribution in [0.5, 0.6) is 11.6 Å². The van der Waals surface area contributed by atoms with Crippen molar-refractivity contribution in [3.63, 3.8) is 0 Å². The van der Waals surface area contributed by atoms with E-state index in [0.29, 0.717) is 17.4 Å². The van der Waals surface area contributed by atoms with E-state index in [2.05, 4.69) is 9.55 Å². The molecule has 0 unspecified atom stereocenters. The number of aromatic nitrogens is 2. The number of pyridine rings is 1. The number of hydrogen-bond donors (Lipinski definition) is 0. The van der Waals surface area contributed by atoms with Crippen LogP contribution >= 0.6 is 0 Å². The molecular formula is C27H27N3O5. The largest absolute Gasteiger partial charge is 0.462 e. The monoisotopic (exact) mass is 473 g/mol. The Hall–Kier alpha value is -3.94. The molecule has 2 aromatic heterocycles.